The Hall–Kier alpha value is -1.18. The van der Waals surface area contributed by atoms with Crippen molar-refractivity contribution in [3.8, 4) is 0 Å². The Morgan fingerprint density at radius 1 is 1.04 bits per heavy atom. The second-order valence-corrected chi connectivity index (χ2v) is 6.94. The van der Waals surface area contributed by atoms with Gasteiger partial charge >= 0.3 is 0 Å². The number of carboxylic acid groups (broad SMARTS) is 2. The van der Waals surface area contributed by atoms with Crippen molar-refractivity contribution in [2.75, 3.05) is 32.8 Å². The maximum absolute atomic E-state index is 8.36. The van der Waals surface area contributed by atoms with Gasteiger partial charge in [0.2, 0.25) is 0 Å². The van der Waals surface area contributed by atoms with E-state index in [0.29, 0.717) is 6.04 Å². The third-order valence-electron chi connectivity index (χ3n) is 5.29. The first-order valence-electron chi connectivity index (χ1n) is 8.79. The molecule has 1 unspecified atom stereocenters. The lowest BCUT2D eigenvalue weighted by molar-refractivity contribution is -0.123. The summed E-state index contributed by atoms with van der Waals surface area (Å²) in [5, 5.41) is 13.8. The molecule has 3 fully saturated rings. The van der Waals surface area contributed by atoms with Crippen molar-refractivity contribution in [3.63, 3.8) is 0 Å². The molecule has 0 aromatic carbocycles. The van der Waals surface area contributed by atoms with Gasteiger partial charge in [0.15, 0.2) is 0 Å². The van der Waals surface area contributed by atoms with Crippen LogP contribution in [0.15, 0.2) is 0 Å². The largest absolute Gasteiger partial charge is 0.483 e. The molecule has 3 aliphatic heterocycles. The zero-order chi connectivity index (χ0) is 18.0. The summed E-state index contributed by atoms with van der Waals surface area (Å²) in [6.45, 7) is 10.2. The SMILES string of the molecule is CC(C)N1CCC2(CC1)CC(N1CCCC1)CO2.O=CO.O=CO. The first-order chi connectivity index (χ1) is 11.5. The van der Waals surface area contributed by atoms with Gasteiger partial charge in [-0.1, -0.05) is 0 Å². The summed E-state index contributed by atoms with van der Waals surface area (Å²) < 4.78 is 6.27. The molecule has 0 aromatic rings. The van der Waals surface area contributed by atoms with E-state index < -0.39 is 0 Å². The average Bonchev–Trinajstić information content (AvgIpc) is 3.19. The van der Waals surface area contributed by atoms with E-state index in [4.69, 9.17) is 24.5 Å². The van der Waals surface area contributed by atoms with Crippen molar-refractivity contribution in [2.45, 2.75) is 63.6 Å². The van der Waals surface area contributed by atoms with Gasteiger partial charge in [-0.15, -0.1) is 0 Å². The van der Waals surface area contributed by atoms with Crippen LogP contribution in [0.5, 0.6) is 0 Å². The number of likely N-dealkylation sites (tertiary alicyclic amines) is 2. The Bertz CT molecular complexity index is 358. The Labute approximate surface area is 144 Å². The van der Waals surface area contributed by atoms with Crippen LogP contribution in [0.4, 0.5) is 0 Å². The predicted octanol–water partition coefficient (Wildman–Crippen LogP) is 1.52. The van der Waals surface area contributed by atoms with Crippen molar-refractivity contribution in [3.05, 3.63) is 0 Å². The minimum absolute atomic E-state index is 0.235. The van der Waals surface area contributed by atoms with E-state index in [1.165, 1.54) is 58.3 Å². The maximum atomic E-state index is 8.36. The number of hydrogen-bond donors (Lipinski definition) is 2. The third kappa shape index (κ3) is 6.03. The van der Waals surface area contributed by atoms with Crippen molar-refractivity contribution in [2.24, 2.45) is 0 Å². The van der Waals surface area contributed by atoms with Gasteiger partial charge in [-0.2, -0.15) is 0 Å². The normalized spacial score (nSPS) is 26.4. The zero-order valence-electron chi connectivity index (χ0n) is 14.9. The highest BCUT2D eigenvalue weighted by Crippen LogP contribution is 2.38. The van der Waals surface area contributed by atoms with E-state index >= 15 is 0 Å². The molecule has 3 saturated heterocycles. The van der Waals surface area contributed by atoms with E-state index in [9.17, 15) is 0 Å². The quantitative estimate of drug-likeness (QED) is 0.734. The fraction of sp³-hybridized carbons (Fsp3) is 0.882. The Balaban J connectivity index is 0.000000423. The lowest BCUT2D eigenvalue weighted by atomic mass is 9.86. The molecular formula is C17H32N2O5. The van der Waals surface area contributed by atoms with Crippen LogP contribution in [0.3, 0.4) is 0 Å². The van der Waals surface area contributed by atoms with Crippen LogP contribution in [0.2, 0.25) is 0 Å². The fourth-order valence-corrected chi connectivity index (χ4v) is 3.96. The summed E-state index contributed by atoms with van der Waals surface area (Å²) in [4.78, 5) is 22.0. The summed E-state index contributed by atoms with van der Waals surface area (Å²) in [6.07, 6.45) is 6.57. The molecule has 0 radical (unpaired) electrons. The van der Waals surface area contributed by atoms with Crippen molar-refractivity contribution < 1.29 is 24.5 Å². The monoisotopic (exact) mass is 344 g/mol. The van der Waals surface area contributed by atoms with Crippen LogP contribution in [-0.4, -0.2) is 83.4 Å². The van der Waals surface area contributed by atoms with Crippen LogP contribution in [0.25, 0.3) is 0 Å². The Morgan fingerprint density at radius 3 is 2.00 bits per heavy atom. The lowest BCUT2D eigenvalue weighted by Crippen LogP contribution is -2.47. The first-order valence-corrected chi connectivity index (χ1v) is 8.79. The second kappa shape index (κ2) is 10.6. The average molecular weight is 344 g/mol. The van der Waals surface area contributed by atoms with Gasteiger partial charge in [0.25, 0.3) is 12.9 Å². The number of hydrogen-bond acceptors (Lipinski definition) is 5. The van der Waals surface area contributed by atoms with Crippen LogP contribution in [0.1, 0.15) is 46.0 Å². The van der Waals surface area contributed by atoms with Crippen molar-refractivity contribution >= 4 is 12.9 Å². The molecule has 0 saturated carbocycles. The van der Waals surface area contributed by atoms with Crippen LogP contribution in [-0.2, 0) is 14.3 Å². The minimum Gasteiger partial charge on any atom is -0.483 e. The van der Waals surface area contributed by atoms with Gasteiger partial charge in [-0.25, -0.2) is 0 Å². The first kappa shape index (κ1) is 20.9. The van der Waals surface area contributed by atoms with Crippen molar-refractivity contribution in [1.82, 2.24) is 9.80 Å². The molecule has 0 aliphatic carbocycles. The molecule has 2 N–H and O–H groups in total. The summed E-state index contributed by atoms with van der Waals surface area (Å²) in [6, 6.07) is 1.41. The highest BCUT2D eigenvalue weighted by molar-refractivity contribution is 5.33. The third-order valence-corrected chi connectivity index (χ3v) is 5.29. The molecular weight excluding hydrogens is 312 g/mol. The molecule has 1 atom stereocenters. The number of nitrogens with zero attached hydrogens (tertiary/aromatic N) is 2. The van der Waals surface area contributed by atoms with E-state index in [-0.39, 0.29) is 18.5 Å². The molecule has 3 heterocycles. The molecule has 3 aliphatic rings. The van der Waals surface area contributed by atoms with E-state index in [0.717, 1.165) is 12.6 Å². The Kier molecular flexibility index (Phi) is 9.25. The van der Waals surface area contributed by atoms with E-state index in [2.05, 4.69) is 23.6 Å². The predicted molar refractivity (Wildman–Crippen MR) is 91.2 cm³/mol. The smallest absolute Gasteiger partial charge is 0.290 e. The van der Waals surface area contributed by atoms with Crippen LogP contribution >= 0.6 is 0 Å². The van der Waals surface area contributed by atoms with Crippen LogP contribution < -0.4 is 0 Å². The molecule has 7 heteroatoms. The standard InChI is InChI=1S/C15H28N2O.2CH2O2/c1-13(2)16-9-5-15(6-10-16)11-14(12-18-15)17-7-3-4-8-17;2*2-1-3/h13-14H,3-12H2,1-2H3;2*1H,(H,2,3). The Morgan fingerprint density at radius 2 is 1.54 bits per heavy atom. The van der Waals surface area contributed by atoms with E-state index in [1.807, 2.05) is 0 Å². The zero-order valence-corrected chi connectivity index (χ0v) is 14.9. The summed E-state index contributed by atoms with van der Waals surface area (Å²) in [5.41, 5.74) is 0.235. The fourth-order valence-electron chi connectivity index (χ4n) is 3.96. The molecule has 140 valence electrons. The highest BCUT2D eigenvalue weighted by Gasteiger charge is 2.44. The van der Waals surface area contributed by atoms with Gasteiger partial charge in [0.1, 0.15) is 0 Å². The molecule has 0 amide bonds. The second-order valence-electron chi connectivity index (χ2n) is 6.94. The van der Waals surface area contributed by atoms with E-state index in [1.54, 1.807) is 0 Å². The maximum Gasteiger partial charge on any atom is 0.290 e. The number of carbonyl (C=O) groups is 2. The topological polar surface area (TPSA) is 90.3 Å². The molecule has 24 heavy (non-hydrogen) atoms. The van der Waals surface area contributed by atoms with Gasteiger partial charge in [-0.05, 0) is 59.0 Å². The molecule has 0 bridgehead atoms. The lowest BCUT2D eigenvalue weighted by Gasteiger charge is -2.40. The molecule has 0 aromatic heterocycles. The van der Waals surface area contributed by atoms with Crippen molar-refractivity contribution in [1.29, 1.82) is 0 Å². The number of piperidine rings is 1. The summed E-state index contributed by atoms with van der Waals surface area (Å²) >= 11 is 0. The molecule has 7 nitrogen and oxygen atoms in total. The molecule has 1 spiro atoms. The van der Waals surface area contributed by atoms with Gasteiger partial charge in [-0.3, -0.25) is 14.5 Å². The number of rotatable bonds is 2. The summed E-state index contributed by atoms with van der Waals surface area (Å²) in [5.74, 6) is 0. The van der Waals surface area contributed by atoms with Gasteiger partial charge < -0.3 is 19.8 Å². The number of ether oxygens (including phenoxy) is 1. The highest BCUT2D eigenvalue weighted by atomic mass is 16.5. The van der Waals surface area contributed by atoms with Gasteiger partial charge in [0, 0.05) is 25.2 Å². The summed E-state index contributed by atoms with van der Waals surface area (Å²) in [7, 11) is 0. The van der Waals surface area contributed by atoms with Gasteiger partial charge in [0.05, 0.1) is 12.2 Å². The molecule has 3 rings (SSSR count). The minimum atomic E-state index is -0.250. The van der Waals surface area contributed by atoms with Crippen LogP contribution in [0, 0.1) is 0 Å².